The Morgan fingerprint density at radius 1 is 1.48 bits per heavy atom. The minimum atomic E-state index is -1.33. The van der Waals surface area contributed by atoms with Gasteiger partial charge in [0.15, 0.2) is 0 Å². The maximum absolute atomic E-state index is 12.1. The van der Waals surface area contributed by atoms with Crippen LogP contribution in [0.2, 0.25) is 0 Å². The van der Waals surface area contributed by atoms with Gasteiger partial charge in [0.25, 0.3) is 0 Å². The number of carbonyl (C=O) groups is 2. The Hall–Kier alpha value is -1.92. The number of nitrogens with one attached hydrogen (secondary N) is 1. The molecule has 1 rings (SSSR count). The molecule has 0 aliphatic carbocycles. The highest BCUT2D eigenvalue weighted by molar-refractivity contribution is 5.77. The SMILES string of the molecule is C=C/C=C(\C)[C@@H]1C/C=C/[C@H](OC(C)=O)[C@](C)(O)CC[C@@H](O)CC(=O)N1. The molecule has 4 atom stereocenters. The fourth-order valence-electron chi connectivity index (χ4n) is 2.72. The molecule has 1 heterocycles. The van der Waals surface area contributed by atoms with Crippen LogP contribution >= 0.6 is 0 Å². The van der Waals surface area contributed by atoms with E-state index in [0.717, 1.165) is 5.57 Å². The molecule has 0 fully saturated rings. The molecule has 1 aliphatic heterocycles. The second-order valence-corrected chi connectivity index (χ2v) is 6.71. The van der Waals surface area contributed by atoms with E-state index < -0.39 is 23.8 Å². The molecule has 0 bridgehead atoms. The quantitative estimate of drug-likeness (QED) is 0.409. The maximum atomic E-state index is 12.1. The van der Waals surface area contributed by atoms with E-state index in [-0.39, 0.29) is 31.2 Å². The predicted molar refractivity (Wildman–Crippen MR) is 95.7 cm³/mol. The molecule has 3 N–H and O–H groups in total. The summed E-state index contributed by atoms with van der Waals surface area (Å²) in [4.78, 5) is 23.5. The summed E-state index contributed by atoms with van der Waals surface area (Å²) in [7, 11) is 0. The molecular weight excluding hydrogens is 322 g/mol. The van der Waals surface area contributed by atoms with Crippen molar-refractivity contribution < 1.29 is 24.5 Å². The molecule has 0 aromatic heterocycles. The van der Waals surface area contributed by atoms with Gasteiger partial charge in [0.2, 0.25) is 5.91 Å². The Kier molecular flexibility index (Phi) is 8.06. The number of amides is 1. The summed E-state index contributed by atoms with van der Waals surface area (Å²) in [5.41, 5.74) is -0.421. The van der Waals surface area contributed by atoms with E-state index in [2.05, 4.69) is 11.9 Å². The fraction of sp³-hybridized carbons (Fsp3) is 0.579. The molecule has 0 saturated heterocycles. The van der Waals surface area contributed by atoms with Crippen molar-refractivity contribution in [3.8, 4) is 0 Å². The first-order valence-electron chi connectivity index (χ1n) is 8.48. The van der Waals surface area contributed by atoms with Gasteiger partial charge >= 0.3 is 5.97 Å². The Morgan fingerprint density at radius 3 is 2.76 bits per heavy atom. The van der Waals surface area contributed by atoms with Crippen molar-refractivity contribution in [2.75, 3.05) is 0 Å². The lowest BCUT2D eigenvalue weighted by Crippen LogP contribution is -2.43. The Bertz CT molecular complexity index is 550. The van der Waals surface area contributed by atoms with Crippen LogP contribution in [0.25, 0.3) is 0 Å². The van der Waals surface area contributed by atoms with Crippen molar-refractivity contribution in [1.82, 2.24) is 5.32 Å². The van der Waals surface area contributed by atoms with Crippen molar-refractivity contribution >= 4 is 11.9 Å². The zero-order valence-corrected chi connectivity index (χ0v) is 15.2. The molecular formula is C19H29NO5. The molecule has 6 nitrogen and oxygen atoms in total. The van der Waals surface area contributed by atoms with E-state index in [4.69, 9.17) is 4.74 Å². The highest BCUT2D eigenvalue weighted by Gasteiger charge is 2.33. The molecule has 140 valence electrons. The standard InChI is InChI=1S/C19H29NO5/c1-5-7-13(2)16-8-6-9-17(25-14(3)21)19(4,24)11-10-15(22)12-18(23)20-16/h5-7,9,15-17,22,24H,1,8,10-12H2,2-4H3,(H,20,23)/b9-6+,13-7+/t15-,16+,17+,19-/m1/s1. The van der Waals surface area contributed by atoms with Crippen LogP contribution in [0, 0.1) is 0 Å². The number of rotatable bonds is 3. The van der Waals surface area contributed by atoms with E-state index in [0.29, 0.717) is 6.42 Å². The number of esters is 1. The van der Waals surface area contributed by atoms with Gasteiger partial charge in [0, 0.05) is 6.92 Å². The van der Waals surface area contributed by atoms with Crippen LogP contribution in [0.4, 0.5) is 0 Å². The number of hydrogen-bond acceptors (Lipinski definition) is 5. The van der Waals surface area contributed by atoms with E-state index in [1.54, 1.807) is 31.2 Å². The summed E-state index contributed by atoms with van der Waals surface area (Å²) in [6.07, 6.45) is 6.00. The van der Waals surface area contributed by atoms with E-state index in [1.165, 1.54) is 6.92 Å². The zero-order valence-electron chi connectivity index (χ0n) is 15.2. The highest BCUT2D eigenvalue weighted by atomic mass is 16.6. The lowest BCUT2D eigenvalue weighted by Gasteiger charge is -2.31. The van der Waals surface area contributed by atoms with Crippen LogP contribution in [0.15, 0.2) is 36.5 Å². The Morgan fingerprint density at radius 2 is 2.16 bits per heavy atom. The maximum Gasteiger partial charge on any atom is 0.303 e. The number of allylic oxidation sites excluding steroid dienone is 2. The molecule has 0 radical (unpaired) electrons. The summed E-state index contributed by atoms with van der Waals surface area (Å²) in [5, 5.41) is 23.6. The molecule has 0 aromatic rings. The van der Waals surface area contributed by atoms with E-state index in [9.17, 15) is 19.8 Å². The van der Waals surface area contributed by atoms with Crippen molar-refractivity contribution in [3.05, 3.63) is 36.5 Å². The van der Waals surface area contributed by atoms with Gasteiger partial charge in [-0.2, -0.15) is 0 Å². The van der Waals surface area contributed by atoms with Gasteiger partial charge in [-0.25, -0.2) is 0 Å². The first-order valence-corrected chi connectivity index (χ1v) is 8.48. The summed E-state index contributed by atoms with van der Waals surface area (Å²) < 4.78 is 5.23. The highest BCUT2D eigenvalue weighted by Crippen LogP contribution is 2.24. The van der Waals surface area contributed by atoms with Crippen molar-refractivity contribution in [1.29, 1.82) is 0 Å². The van der Waals surface area contributed by atoms with Crippen molar-refractivity contribution in [3.63, 3.8) is 0 Å². The van der Waals surface area contributed by atoms with Crippen LogP contribution < -0.4 is 5.32 Å². The third-order valence-corrected chi connectivity index (χ3v) is 4.26. The van der Waals surface area contributed by atoms with Crippen molar-refractivity contribution in [2.24, 2.45) is 0 Å². The van der Waals surface area contributed by atoms with Gasteiger partial charge in [-0.15, -0.1) is 0 Å². The topological polar surface area (TPSA) is 95.9 Å². The van der Waals surface area contributed by atoms with Gasteiger partial charge in [0.1, 0.15) is 11.7 Å². The first kappa shape index (κ1) is 21.1. The first-order chi connectivity index (χ1) is 11.7. The van der Waals surface area contributed by atoms with Crippen LogP contribution in [-0.4, -0.2) is 45.9 Å². The van der Waals surface area contributed by atoms with Gasteiger partial charge in [-0.05, 0) is 39.2 Å². The normalized spacial score (nSPS) is 33.4. The summed E-state index contributed by atoms with van der Waals surface area (Å²) >= 11 is 0. The minimum Gasteiger partial charge on any atom is -0.455 e. The van der Waals surface area contributed by atoms with E-state index >= 15 is 0 Å². The lowest BCUT2D eigenvalue weighted by atomic mass is 9.90. The molecule has 25 heavy (non-hydrogen) atoms. The number of ether oxygens (including phenoxy) is 1. The third kappa shape index (κ3) is 7.23. The molecule has 0 saturated carbocycles. The predicted octanol–water partition coefficient (Wildman–Crippen LogP) is 1.78. The minimum absolute atomic E-state index is 0.0457. The van der Waals surface area contributed by atoms with Crippen LogP contribution in [0.1, 0.15) is 46.5 Å². The van der Waals surface area contributed by atoms with Gasteiger partial charge in [-0.3, -0.25) is 9.59 Å². The lowest BCUT2D eigenvalue weighted by molar-refractivity contribution is -0.156. The van der Waals surface area contributed by atoms with Gasteiger partial charge in [0.05, 0.1) is 18.6 Å². The summed E-state index contributed by atoms with van der Waals surface area (Å²) in [6.45, 7) is 8.38. The Balaban J connectivity index is 3.10. The average Bonchev–Trinajstić information content (AvgIpc) is 2.50. The smallest absolute Gasteiger partial charge is 0.303 e. The van der Waals surface area contributed by atoms with Gasteiger partial charge in [-0.1, -0.05) is 30.4 Å². The van der Waals surface area contributed by atoms with Gasteiger partial charge < -0.3 is 20.3 Å². The molecule has 0 unspecified atom stereocenters. The molecule has 1 amide bonds. The monoisotopic (exact) mass is 351 g/mol. The molecule has 0 aromatic carbocycles. The zero-order chi connectivity index (χ0) is 19.0. The van der Waals surface area contributed by atoms with Crippen LogP contribution in [0.5, 0.6) is 0 Å². The second-order valence-electron chi connectivity index (χ2n) is 6.71. The number of aliphatic hydroxyl groups is 2. The number of aliphatic hydroxyl groups excluding tert-OH is 1. The average molecular weight is 351 g/mol. The number of hydrogen-bond donors (Lipinski definition) is 3. The fourth-order valence-corrected chi connectivity index (χ4v) is 2.72. The largest absolute Gasteiger partial charge is 0.455 e. The Labute approximate surface area is 149 Å². The third-order valence-electron chi connectivity index (χ3n) is 4.26. The summed E-state index contributed by atoms with van der Waals surface area (Å²) in [6, 6.07) is -0.267. The second kappa shape index (κ2) is 9.53. The van der Waals surface area contributed by atoms with Crippen molar-refractivity contribution in [2.45, 2.75) is 70.3 Å². The summed E-state index contributed by atoms with van der Waals surface area (Å²) in [5.74, 6) is -0.741. The molecule has 0 spiro atoms. The number of carbonyl (C=O) groups excluding carboxylic acids is 2. The van der Waals surface area contributed by atoms with Crippen LogP contribution in [-0.2, 0) is 14.3 Å². The molecule has 6 heteroatoms. The van der Waals surface area contributed by atoms with Crippen LogP contribution in [0.3, 0.4) is 0 Å². The molecule has 1 aliphatic rings. The van der Waals surface area contributed by atoms with E-state index in [1.807, 2.05) is 6.92 Å².